The Morgan fingerprint density at radius 3 is 2.53 bits per heavy atom. The van der Waals surface area contributed by atoms with E-state index < -0.39 is 0 Å². The smallest absolute Gasteiger partial charge is 0.125 e. The third-order valence-electron chi connectivity index (χ3n) is 3.84. The summed E-state index contributed by atoms with van der Waals surface area (Å²) in [4.78, 5) is 2.47. The van der Waals surface area contributed by atoms with Crippen molar-refractivity contribution in [2.24, 2.45) is 0 Å². The lowest BCUT2D eigenvalue weighted by molar-refractivity contribution is 0.0955. The Kier molecular flexibility index (Phi) is 3.67. The van der Waals surface area contributed by atoms with Gasteiger partial charge in [-0.3, -0.25) is 4.90 Å². The zero-order valence-corrected chi connectivity index (χ0v) is 10.6. The van der Waals surface area contributed by atoms with Gasteiger partial charge in [-0.05, 0) is 44.4 Å². The number of anilines is 1. The molecule has 0 aromatic heterocycles. The number of benzene rings is 1. The maximum atomic E-state index is 13.0. The Labute approximate surface area is 103 Å². The minimum atomic E-state index is -0.258. The summed E-state index contributed by atoms with van der Waals surface area (Å²) in [5, 5.41) is 0. The molecule has 0 bridgehead atoms. The summed E-state index contributed by atoms with van der Waals surface area (Å²) in [6.45, 7) is 5.35. The monoisotopic (exact) mass is 236 g/mol. The fourth-order valence-electron chi connectivity index (χ4n) is 2.69. The van der Waals surface area contributed by atoms with E-state index in [1.807, 2.05) is 0 Å². The second-order valence-corrected chi connectivity index (χ2v) is 5.14. The summed E-state index contributed by atoms with van der Waals surface area (Å²) >= 11 is 0. The van der Waals surface area contributed by atoms with Gasteiger partial charge in [0.2, 0.25) is 0 Å². The summed E-state index contributed by atoms with van der Waals surface area (Å²) in [7, 11) is 0. The quantitative estimate of drug-likeness (QED) is 0.799. The van der Waals surface area contributed by atoms with E-state index in [-0.39, 0.29) is 5.82 Å². The van der Waals surface area contributed by atoms with E-state index in [1.54, 1.807) is 6.07 Å². The summed E-state index contributed by atoms with van der Waals surface area (Å²) in [5.74, 6) is -0.258. The van der Waals surface area contributed by atoms with Gasteiger partial charge in [0.25, 0.3) is 0 Å². The van der Waals surface area contributed by atoms with Crippen LogP contribution in [0.3, 0.4) is 0 Å². The first-order valence-electron chi connectivity index (χ1n) is 6.37. The van der Waals surface area contributed by atoms with Crippen molar-refractivity contribution >= 4 is 5.69 Å². The van der Waals surface area contributed by atoms with Gasteiger partial charge in [0.05, 0.1) is 0 Å². The summed E-state index contributed by atoms with van der Waals surface area (Å²) < 4.78 is 13.0. The fraction of sp³-hybridized carbons (Fsp3) is 0.571. The van der Waals surface area contributed by atoms with Crippen LogP contribution in [-0.2, 0) is 6.54 Å². The molecular formula is C14H21FN2. The van der Waals surface area contributed by atoms with Crippen LogP contribution in [-0.4, -0.2) is 17.0 Å². The Morgan fingerprint density at radius 1 is 1.29 bits per heavy atom. The third-order valence-corrected chi connectivity index (χ3v) is 3.84. The molecule has 2 N–H and O–H groups in total. The molecule has 0 amide bonds. The molecule has 1 aliphatic heterocycles. The minimum Gasteiger partial charge on any atom is -0.398 e. The van der Waals surface area contributed by atoms with Crippen LogP contribution in [0.15, 0.2) is 18.2 Å². The Hall–Kier alpha value is -1.09. The fourth-order valence-corrected chi connectivity index (χ4v) is 2.69. The van der Waals surface area contributed by atoms with Crippen molar-refractivity contribution in [1.29, 1.82) is 0 Å². The lowest BCUT2D eigenvalue weighted by Crippen LogP contribution is -2.43. The molecular weight excluding hydrogens is 215 g/mol. The molecule has 0 aliphatic carbocycles. The van der Waals surface area contributed by atoms with Crippen LogP contribution in [0.25, 0.3) is 0 Å². The van der Waals surface area contributed by atoms with Crippen LogP contribution in [0.1, 0.15) is 38.7 Å². The highest BCUT2D eigenvalue weighted by Gasteiger charge is 2.24. The third kappa shape index (κ3) is 2.78. The van der Waals surface area contributed by atoms with Crippen molar-refractivity contribution in [3.63, 3.8) is 0 Å². The number of hydrogen-bond acceptors (Lipinski definition) is 2. The first-order chi connectivity index (χ1) is 8.08. The Balaban J connectivity index is 2.13. The van der Waals surface area contributed by atoms with Gasteiger partial charge in [0, 0.05) is 24.3 Å². The van der Waals surface area contributed by atoms with Gasteiger partial charge < -0.3 is 5.73 Å². The first-order valence-corrected chi connectivity index (χ1v) is 6.37. The molecule has 1 fully saturated rings. The minimum absolute atomic E-state index is 0.258. The largest absolute Gasteiger partial charge is 0.398 e. The molecule has 2 nitrogen and oxygen atoms in total. The molecule has 2 atom stereocenters. The van der Waals surface area contributed by atoms with E-state index in [2.05, 4.69) is 18.7 Å². The molecule has 0 spiro atoms. The molecule has 17 heavy (non-hydrogen) atoms. The van der Waals surface area contributed by atoms with E-state index in [0.29, 0.717) is 17.8 Å². The van der Waals surface area contributed by atoms with Crippen LogP contribution >= 0.6 is 0 Å². The summed E-state index contributed by atoms with van der Waals surface area (Å²) in [6, 6.07) is 5.88. The standard InChI is InChI=1S/C14H21FN2/c1-10-4-3-5-11(2)17(10)9-12-6-7-13(15)8-14(12)16/h6-8,10-11H,3-5,9,16H2,1-2H3. The average Bonchev–Trinajstić information content (AvgIpc) is 2.26. The van der Waals surface area contributed by atoms with E-state index in [0.717, 1.165) is 12.1 Å². The lowest BCUT2D eigenvalue weighted by Gasteiger charge is -2.39. The van der Waals surface area contributed by atoms with Gasteiger partial charge in [0.1, 0.15) is 5.82 Å². The van der Waals surface area contributed by atoms with Crippen molar-refractivity contribution in [3.05, 3.63) is 29.6 Å². The van der Waals surface area contributed by atoms with Gasteiger partial charge in [0.15, 0.2) is 0 Å². The van der Waals surface area contributed by atoms with Gasteiger partial charge >= 0.3 is 0 Å². The molecule has 1 aromatic carbocycles. The van der Waals surface area contributed by atoms with Crippen LogP contribution in [0.2, 0.25) is 0 Å². The molecule has 3 heteroatoms. The van der Waals surface area contributed by atoms with Crippen molar-refractivity contribution in [2.75, 3.05) is 5.73 Å². The van der Waals surface area contributed by atoms with Crippen molar-refractivity contribution < 1.29 is 4.39 Å². The molecule has 1 aliphatic rings. The SMILES string of the molecule is CC1CCCC(C)N1Cc1ccc(F)cc1N. The zero-order chi connectivity index (χ0) is 12.4. The number of hydrogen-bond donors (Lipinski definition) is 1. The Morgan fingerprint density at radius 2 is 1.94 bits per heavy atom. The highest BCUT2D eigenvalue weighted by atomic mass is 19.1. The van der Waals surface area contributed by atoms with Gasteiger partial charge in [-0.2, -0.15) is 0 Å². The van der Waals surface area contributed by atoms with Crippen LogP contribution in [0, 0.1) is 5.82 Å². The molecule has 1 saturated heterocycles. The van der Waals surface area contributed by atoms with E-state index in [1.165, 1.54) is 31.4 Å². The highest BCUT2D eigenvalue weighted by molar-refractivity contribution is 5.46. The number of nitrogen functional groups attached to an aromatic ring is 1. The molecule has 1 heterocycles. The van der Waals surface area contributed by atoms with E-state index in [4.69, 9.17) is 5.73 Å². The second kappa shape index (κ2) is 5.05. The van der Waals surface area contributed by atoms with Crippen molar-refractivity contribution in [2.45, 2.75) is 51.7 Å². The van der Waals surface area contributed by atoms with Gasteiger partial charge in [-0.25, -0.2) is 4.39 Å². The van der Waals surface area contributed by atoms with Crippen LogP contribution < -0.4 is 5.73 Å². The number of likely N-dealkylation sites (tertiary alicyclic amines) is 1. The molecule has 2 rings (SSSR count). The maximum Gasteiger partial charge on any atom is 0.125 e. The predicted octanol–water partition coefficient (Wildman–Crippen LogP) is 3.17. The lowest BCUT2D eigenvalue weighted by atomic mass is 9.96. The summed E-state index contributed by atoms with van der Waals surface area (Å²) in [5.41, 5.74) is 7.46. The first kappa shape index (κ1) is 12.4. The van der Waals surface area contributed by atoms with Crippen molar-refractivity contribution in [3.8, 4) is 0 Å². The molecule has 1 aromatic rings. The second-order valence-electron chi connectivity index (χ2n) is 5.14. The van der Waals surface area contributed by atoms with Gasteiger partial charge in [-0.15, -0.1) is 0 Å². The molecule has 0 saturated carbocycles. The predicted molar refractivity (Wildman–Crippen MR) is 69.1 cm³/mol. The van der Waals surface area contributed by atoms with Gasteiger partial charge in [-0.1, -0.05) is 12.5 Å². The number of nitrogens with zero attached hydrogens (tertiary/aromatic N) is 1. The van der Waals surface area contributed by atoms with Crippen LogP contribution in [0.5, 0.6) is 0 Å². The highest BCUT2D eigenvalue weighted by Crippen LogP contribution is 2.26. The van der Waals surface area contributed by atoms with Crippen LogP contribution in [0.4, 0.5) is 10.1 Å². The average molecular weight is 236 g/mol. The zero-order valence-electron chi connectivity index (χ0n) is 10.6. The molecule has 94 valence electrons. The normalized spacial score (nSPS) is 26.1. The number of nitrogens with two attached hydrogens (primary N) is 1. The molecule has 0 radical (unpaired) electrons. The van der Waals surface area contributed by atoms with E-state index in [9.17, 15) is 4.39 Å². The number of piperidine rings is 1. The topological polar surface area (TPSA) is 29.3 Å². The van der Waals surface area contributed by atoms with E-state index >= 15 is 0 Å². The summed E-state index contributed by atoms with van der Waals surface area (Å²) in [6.07, 6.45) is 3.79. The van der Waals surface area contributed by atoms with Crippen molar-refractivity contribution in [1.82, 2.24) is 4.90 Å². The number of rotatable bonds is 2. The maximum absolute atomic E-state index is 13.0. The number of halogens is 1. The molecule has 2 unspecified atom stereocenters. The Bertz CT molecular complexity index is 382.